The molecule has 2 aromatic carbocycles. The number of aromatic nitrogens is 1. The molecular weight excluding hydrogens is 336 g/mol. The number of aryl methyl sites for hydroxylation is 1. The molecule has 0 unspecified atom stereocenters. The third-order valence-electron chi connectivity index (χ3n) is 4.68. The second-order valence-electron chi connectivity index (χ2n) is 6.10. The number of halogens is 1. The highest BCUT2D eigenvalue weighted by molar-refractivity contribution is 6.30. The largest absolute Gasteiger partial charge is 0.496 e. The molecule has 0 amide bonds. The maximum atomic E-state index is 5.99. The van der Waals surface area contributed by atoms with Crippen molar-refractivity contribution in [2.75, 3.05) is 19.5 Å². The zero-order valence-corrected chi connectivity index (χ0v) is 15.0. The van der Waals surface area contributed by atoms with Gasteiger partial charge in [0, 0.05) is 16.1 Å². The van der Waals surface area contributed by atoms with Crippen LogP contribution in [0.4, 0.5) is 11.5 Å². The Morgan fingerprint density at radius 2 is 1.60 bits per heavy atom. The van der Waals surface area contributed by atoms with Gasteiger partial charge in [-0.1, -0.05) is 11.6 Å². The van der Waals surface area contributed by atoms with Crippen molar-refractivity contribution in [1.29, 1.82) is 0 Å². The average molecular weight is 355 g/mol. The van der Waals surface area contributed by atoms with Gasteiger partial charge >= 0.3 is 0 Å². The van der Waals surface area contributed by atoms with Crippen LogP contribution in [-0.4, -0.2) is 19.2 Å². The molecule has 5 heteroatoms. The van der Waals surface area contributed by atoms with E-state index in [0.717, 1.165) is 53.2 Å². The lowest BCUT2D eigenvalue weighted by Crippen LogP contribution is -2.02. The molecule has 0 fully saturated rings. The van der Waals surface area contributed by atoms with Gasteiger partial charge in [-0.05, 0) is 66.8 Å². The first-order valence-corrected chi connectivity index (χ1v) is 8.68. The summed E-state index contributed by atoms with van der Waals surface area (Å²) in [5.74, 6) is 2.48. The van der Waals surface area contributed by atoms with E-state index in [0.29, 0.717) is 5.02 Å². The third kappa shape index (κ3) is 2.76. The fourth-order valence-corrected chi connectivity index (χ4v) is 3.65. The minimum Gasteiger partial charge on any atom is -0.496 e. The zero-order valence-electron chi connectivity index (χ0n) is 14.2. The number of anilines is 2. The number of nitrogens with zero attached hydrogens (tertiary/aromatic N) is 1. The Labute approximate surface area is 151 Å². The van der Waals surface area contributed by atoms with E-state index in [1.54, 1.807) is 14.2 Å². The summed E-state index contributed by atoms with van der Waals surface area (Å²) in [5, 5.41) is 5.23. The number of benzene rings is 2. The van der Waals surface area contributed by atoms with Crippen molar-refractivity contribution in [3.63, 3.8) is 0 Å². The lowest BCUT2D eigenvalue weighted by atomic mass is 10.0. The van der Waals surface area contributed by atoms with Crippen LogP contribution in [0.25, 0.3) is 10.9 Å². The normalized spacial score (nSPS) is 12.9. The molecule has 4 nitrogen and oxygen atoms in total. The minimum atomic E-state index is 0.716. The van der Waals surface area contributed by atoms with E-state index in [4.69, 9.17) is 26.1 Å². The summed E-state index contributed by atoms with van der Waals surface area (Å²) in [7, 11) is 3.37. The predicted molar refractivity (Wildman–Crippen MR) is 102 cm³/mol. The van der Waals surface area contributed by atoms with Crippen molar-refractivity contribution in [2.24, 2.45) is 0 Å². The molecule has 3 aromatic rings. The Morgan fingerprint density at radius 1 is 0.920 bits per heavy atom. The van der Waals surface area contributed by atoms with Crippen LogP contribution in [0.15, 0.2) is 36.4 Å². The molecular formula is C20H19ClN2O2. The van der Waals surface area contributed by atoms with E-state index in [-0.39, 0.29) is 0 Å². The van der Waals surface area contributed by atoms with Gasteiger partial charge in [0.05, 0.1) is 14.2 Å². The number of nitrogens with one attached hydrogen (secondary N) is 1. The highest BCUT2D eigenvalue weighted by Gasteiger charge is 2.24. The van der Waals surface area contributed by atoms with Crippen LogP contribution >= 0.6 is 11.6 Å². The number of hydrogen-bond acceptors (Lipinski definition) is 4. The fraction of sp³-hybridized carbons (Fsp3) is 0.250. The van der Waals surface area contributed by atoms with Gasteiger partial charge in [0.25, 0.3) is 0 Å². The molecule has 25 heavy (non-hydrogen) atoms. The number of rotatable bonds is 4. The molecule has 0 aliphatic heterocycles. The van der Waals surface area contributed by atoms with E-state index in [1.807, 2.05) is 36.4 Å². The highest BCUT2D eigenvalue weighted by Crippen LogP contribution is 2.42. The van der Waals surface area contributed by atoms with E-state index in [9.17, 15) is 0 Å². The fourth-order valence-electron chi connectivity index (χ4n) is 3.52. The first-order valence-electron chi connectivity index (χ1n) is 8.30. The molecule has 0 saturated heterocycles. The molecule has 1 aliphatic carbocycles. The van der Waals surface area contributed by atoms with Crippen molar-refractivity contribution in [1.82, 2.24) is 4.98 Å². The van der Waals surface area contributed by atoms with Crippen LogP contribution in [0.1, 0.15) is 17.5 Å². The van der Waals surface area contributed by atoms with E-state index >= 15 is 0 Å². The van der Waals surface area contributed by atoms with E-state index in [2.05, 4.69) is 5.32 Å². The quantitative estimate of drug-likeness (QED) is 0.704. The van der Waals surface area contributed by atoms with Crippen LogP contribution in [0.3, 0.4) is 0 Å². The first-order chi connectivity index (χ1) is 12.2. The molecule has 4 rings (SSSR count). The molecule has 0 radical (unpaired) electrons. The first kappa shape index (κ1) is 16.0. The number of hydrogen-bond donors (Lipinski definition) is 1. The summed E-state index contributed by atoms with van der Waals surface area (Å²) >= 11 is 5.99. The van der Waals surface area contributed by atoms with Gasteiger partial charge in [0.1, 0.15) is 22.8 Å². The number of fused-ring (bicyclic) bond motifs is 3. The molecule has 1 aromatic heterocycles. The minimum absolute atomic E-state index is 0.716. The Hall–Kier alpha value is -2.46. The molecule has 1 heterocycles. The van der Waals surface area contributed by atoms with Gasteiger partial charge in [-0.15, -0.1) is 0 Å². The molecule has 1 aliphatic rings. The lowest BCUT2D eigenvalue weighted by Gasteiger charge is -2.17. The molecule has 0 saturated carbocycles. The maximum Gasteiger partial charge on any atom is 0.145 e. The molecule has 128 valence electrons. The Morgan fingerprint density at radius 3 is 2.32 bits per heavy atom. The number of ether oxygens (including phenoxy) is 2. The average Bonchev–Trinajstić information content (AvgIpc) is 3.13. The third-order valence-corrected chi connectivity index (χ3v) is 4.93. The molecule has 0 bridgehead atoms. The van der Waals surface area contributed by atoms with Crippen molar-refractivity contribution < 1.29 is 9.47 Å². The Kier molecular flexibility index (Phi) is 4.14. The van der Waals surface area contributed by atoms with E-state index in [1.165, 1.54) is 11.1 Å². The summed E-state index contributed by atoms with van der Waals surface area (Å²) in [5.41, 5.74) is 4.36. The van der Waals surface area contributed by atoms with Gasteiger partial charge in [-0.3, -0.25) is 0 Å². The van der Waals surface area contributed by atoms with Crippen molar-refractivity contribution in [3.05, 3.63) is 52.5 Å². The summed E-state index contributed by atoms with van der Waals surface area (Å²) in [6.45, 7) is 0. The number of methoxy groups -OCH3 is 2. The predicted octanol–water partition coefficient (Wildman–Crippen LogP) is 5.14. The van der Waals surface area contributed by atoms with Gasteiger partial charge in [0.2, 0.25) is 0 Å². The Balaban J connectivity index is 1.92. The SMILES string of the molecule is COc1ccc(OC)c2c3c(c(Nc4ccc(Cl)cc4)nc12)CCC3. The smallest absolute Gasteiger partial charge is 0.145 e. The maximum absolute atomic E-state index is 5.99. The second-order valence-corrected chi connectivity index (χ2v) is 6.53. The van der Waals surface area contributed by atoms with Gasteiger partial charge in [0.15, 0.2) is 0 Å². The van der Waals surface area contributed by atoms with E-state index < -0.39 is 0 Å². The van der Waals surface area contributed by atoms with Crippen LogP contribution in [0.2, 0.25) is 5.02 Å². The van der Waals surface area contributed by atoms with Gasteiger partial charge < -0.3 is 14.8 Å². The topological polar surface area (TPSA) is 43.4 Å². The lowest BCUT2D eigenvalue weighted by molar-refractivity contribution is 0.409. The van der Waals surface area contributed by atoms with Crippen LogP contribution in [-0.2, 0) is 12.8 Å². The highest BCUT2D eigenvalue weighted by atomic mass is 35.5. The van der Waals surface area contributed by atoms with Crippen LogP contribution in [0.5, 0.6) is 11.5 Å². The van der Waals surface area contributed by atoms with Crippen molar-refractivity contribution >= 4 is 34.0 Å². The summed E-state index contributed by atoms with van der Waals surface area (Å²) in [6.07, 6.45) is 3.15. The van der Waals surface area contributed by atoms with Crippen molar-refractivity contribution in [3.8, 4) is 11.5 Å². The summed E-state index contributed by atoms with van der Waals surface area (Å²) in [4.78, 5) is 4.89. The Bertz CT molecular complexity index is 939. The van der Waals surface area contributed by atoms with Gasteiger partial charge in [-0.2, -0.15) is 0 Å². The summed E-state index contributed by atoms with van der Waals surface area (Å²) in [6, 6.07) is 11.5. The van der Waals surface area contributed by atoms with Crippen LogP contribution < -0.4 is 14.8 Å². The zero-order chi connectivity index (χ0) is 17.4. The molecule has 1 N–H and O–H groups in total. The van der Waals surface area contributed by atoms with Gasteiger partial charge in [-0.25, -0.2) is 4.98 Å². The van der Waals surface area contributed by atoms with Crippen LogP contribution in [0, 0.1) is 0 Å². The number of pyridine rings is 1. The standard InChI is InChI=1S/C20H19ClN2O2/c1-24-16-10-11-17(25-2)19-18(16)14-4-3-5-15(14)20(23-19)22-13-8-6-12(21)7-9-13/h6-11H,3-5H2,1-2H3,(H,22,23). The molecule has 0 spiro atoms. The summed E-state index contributed by atoms with van der Waals surface area (Å²) < 4.78 is 11.1. The monoisotopic (exact) mass is 354 g/mol. The second kappa shape index (κ2) is 6.45. The molecule has 0 atom stereocenters. The van der Waals surface area contributed by atoms with Crippen molar-refractivity contribution in [2.45, 2.75) is 19.3 Å².